The highest BCUT2D eigenvalue weighted by molar-refractivity contribution is 8.02. The number of para-hydroxylation sites is 1. The van der Waals surface area contributed by atoms with E-state index in [2.05, 4.69) is 42.5 Å². The molecular weight excluding hydrogens is 336 g/mol. The van der Waals surface area contributed by atoms with Crippen LogP contribution < -0.4 is 9.47 Å². The number of hydrogen-bond donors (Lipinski definition) is 0. The summed E-state index contributed by atoms with van der Waals surface area (Å²) in [4.78, 5) is 4.73. The molecule has 0 saturated carbocycles. The largest absolute Gasteiger partial charge is 0.497 e. The van der Waals surface area contributed by atoms with Gasteiger partial charge in [0.25, 0.3) is 0 Å². The lowest BCUT2D eigenvalue weighted by molar-refractivity contribution is 0.405. The van der Waals surface area contributed by atoms with E-state index in [0.29, 0.717) is 0 Å². The molecule has 0 heterocycles. The highest BCUT2D eigenvalue weighted by Gasteiger charge is 2.09. The fraction of sp³-hybridized carbons (Fsp3) is 0.100. The summed E-state index contributed by atoms with van der Waals surface area (Å²) in [5.74, 6) is 1.77. The molecule has 3 aromatic carbocycles. The third-order valence-corrected chi connectivity index (χ3v) is 5.77. The van der Waals surface area contributed by atoms with Gasteiger partial charge in [-0.05, 0) is 48.5 Å². The Kier molecular flexibility index (Phi) is 5.72. The van der Waals surface area contributed by atoms with Gasteiger partial charge in [-0.25, -0.2) is 0 Å². The lowest BCUT2D eigenvalue weighted by atomic mass is 10.3. The first-order valence-corrected chi connectivity index (χ1v) is 9.15. The molecule has 0 amide bonds. The molecule has 0 atom stereocenters. The average molecular weight is 354 g/mol. The molecule has 122 valence electrons. The fourth-order valence-electron chi connectivity index (χ4n) is 2.21. The van der Waals surface area contributed by atoms with Crippen molar-refractivity contribution in [2.75, 3.05) is 14.2 Å². The Morgan fingerprint density at radius 3 is 1.79 bits per heavy atom. The van der Waals surface area contributed by atoms with Gasteiger partial charge in [0.05, 0.1) is 19.1 Å². The quantitative estimate of drug-likeness (QED) is 0.539. The maximum atomic E-state index is 5.46. The molecule has 0 spiro atoms. The minimum Gasteiger partial charge on any atom is -0.497 e. The summed E-state index contributed by atoms with van der Waals surface area (Å²) in [5.41, 5.74) is 0. The number of methoxy groups -OCH3 is 2. The zero-order valence-corrected chi connectivity index (χ0v) is 15.2. The summed E-state index contributed by atoms with van der Waals surface area (Å²) >= 11 is 3.47. The van der Waals surface area contributed by atoms with E-state index in [9.17, 15) is 0 Å². The lowest BCUT2D eigenvalue weighted by Gasteiger charge is -2.11. The summed E-state index contributed by atoms with van der Waals surface area (Å²) in [5, 5.41) is 0. The molecule has 0 aliphatic rings. The average Bonchev–Trinajstić information content (AvgIpc) is 2.64. The summed E-state index contributed by atoms with van der Waals surface area (Å²) in [6, 6.07) is 24.6. The molecule has 3 aromatic rings. The van der Waals surface area contributed by atoms with Crippen LogP contribution >= 0.6 is 23.5 Å². The van der Waals surface area contributed by atoms with Crippen molar-refractivity contribution >= 4 is 23.5 Å². The van der Waals surface area contributed by atoms with Gasteiger partial charge in [0, 0.05) is 14.7 Å². The van der Waals surface area contributed by atoms with E-state index in [0.717, 1.165) is 16.4 Å². The van der Waals surface area contributed by atoms with Gasteiger partial charge in [-0.15, -0.1) is 0 Å². The van der Waals surface area contributed by atoms with Crippen LogP contribution in [0.3, 0.4) is 0 Å². The molecule has 3 rings (SSSR count). The minimum atomic E-state index is 0.871. The normalized spacial score (nSPS) is 10.4. The van der Waals surface area contributed by atoms with Gasteiger partial charge in [-0.3, -0.25) is 0 Å². The third kappa shape index (κ3) is 4.08. The second-order valence-electron chi connectivity index (χ2n) is 4.98. The Bertz CT molecular complexity index is 801. The van der Waals surface area contributed by atoms with Crippen LogP contribution in [0, 0.1) is 0 Å². The van der Waals surface area contributed by atoms with Gasteiger partial charge in [0.15, 0.2) is 0 Å². The molecule has 0 aromatic heterocycles. The number of rotatable bonds is 6. The zero-order valence-electron chi connectivity index (χ0n) is 13.6. The maximum Gasteiger partial charge on any atom is 0.132 e. The maximum absolute atomic E-state index is 5.46. The van der Waals surface area contributed by atoms with E-state index in [1.54, 1.807) is 37.7 Å². The minimum absolute atomic E-state index is 0.871. The SMILES string of the molecule is COc1ccc(Sc2ccccc2Sc2ccccc2OC)cc1. The molecule has 0 saturated heterocycles. The van der Waals surface area contributed by atoms with E-state index in [1.807, 2.05) is 30.3 Å². The van der Waals surface area contributed by atoms with Crippen LogP contribution in [0.15, 0.2) is 92.4 Å². The van der Waals surface area contributed by atoms with Crippen molar-refractivity contribution in [3.05, 3.63) is 72.8 Å². The van der Waals surface area contributed by atoms with Crippen LogP contribution in [0.5, 0.6) is 11.5 Å². The van der Waals surface area contributed by atoms with Gasteiger partial charge in [-0.2, -0.15) is 0 Å². The number of hydrogen-bond acceptors (Lipinski definition) is 4. The summed E-state index contributed by atoms with van der Waals surface area (Å²) in [7, 11) is 3.39. The van der Waals surface area contributed by atoms with Crippen molar-refractivity contribution in [2.45, 2.75) is 19.6 Å². The highest BCUT2D eigenvalue weighted by atomic mass is 32.2. The second-order valence-corrected chi connectivity index (χ2v) is 7.18. The summed E-state index contributed by atoms with van der Waals surface area (Å²) in [6.07, 6.45) is 0. The number of benzene rings is 3. The third-order valence-electron chi connectivity index (χ3n) is 3.43. The first-order valence-electron chi connectivity index (χ1n) is 7.52. The van der Waals surface area contributed by atoms with Crippen molar-refractivity contribution in [2.24, 2.45) is 0 Å². The van der Waals surface area contributed by atoms with Crippen LogP contribution in [-0.2, 0) is 0 Å². The van der Waals surface area contributed by atoms with E-state index < -0.39 is 0 Å². The molecule has 0 radical (unpaired) electrons. The van der Waals surface area contributed by atoms with Gasteiger partial charge in [0.2, 0.25) is 0 Å². The molecule has 0 bridgehead atoms. The van der Waals surface area contributed by atoms with Crippen molar-refractivity contribution in [3.63, 3.8) is 0 Å². The first-order chi connectivity index (χ1) is 11.8. The predicted octanol–water partition coefficient (Wildman–Crippen LogP) is 6.01. The zero-order chi connectivity index (χ0) is 16.8. The molecule has 0 unspecified atom stereocenters. The van der Waals surface area contributed by atoms with Crippen molar-refractivity contribution < 1.29 is 9.47 Å². The van der Waals surface area contributed by atoms with Crippen molar-refractivity contribution in [1.29, 1.82) is 0 Å². The highest BCUT2D eigenvalue weighted by Crippen LogP contribution is 2.41. The van der Waals surface area contributed by atoms with Crippen molar-refractivity contribution in [1.82, 2.24) is 0 Å². The first kappa shape index (κ1) is 16.8. The molecule has 2 nitrogen and oxygen atoms in total. The summed E-state index contributed by atoms with van der Waals surface area (Å²) in [6.45, 7) is 0. The van der Waals surface area contributed by atoms with Gasteiger partial charge in [-0.1, -0.05) is 47.8 Å². The topological polar surface area (TPSA) is 18.5 Å². The van der Waals surface area contributed by atoms with Crippen molar-refractivity contribution in [3.8, 4) is 11.5 Å². The van der Waals surface area contributed by atoms with E-state index in [-0.39, 0.29) is 0 Å². The molecule has 4 heteroatoms. The Morgan fingerprint density at radius 2 is 1.17 bits per heavy atom. The smallest absolute Gasteiger partial charge is 0.132 e. The van der Waals surface area contributed by atoms with Crippen LogP contribution in [0.2, 0.25) is 0 Å². The monoisotopic (exact) mass is 354 g/mol. The van der Waals surface area contributed by atoms with Gasteiger partial charge in [0.1, 0.15) is 11.5 Å². The van der Waals surface area contributed by atoms with E-state index in [1.165, 1.54) is 14.7 Å². The van der Waals surface area contributed by atoms with Crippen LogP contribution in [0.1, 0.15) is 0 Å². The molecule has 0 aliphatic heterocycles. The molecular formula is C20H18O2S2. The second kappa shape index (κ2) is 8.18. The van der Waals surface area contributed by atoms with E-state index >= 15 is 0 Å². The lowest BCUT2D eigenvalue weighted by Crippen LogP contribution is -1.86. The van der Waals surface area contributed by atoms with Crippen LogP contribution in [0.4, 0.5) is 0 Å². The Morgan fingerprint density at radius 1 is 0.583 bits per heavy atom. The van der Waals surface area contributed by atoms with Gasteiger partial charge < -0.3 is 9.47 Å². The summed E-state index contributed by atoms with van der Waals surface area (Å²) < 4.78 is 10.7. The molecule has 24 heavy (non-hydrogen) atoms. The van der Waals surface area contributed by atoms with Crippen LogP contribution in [0.25, 0.3) is 0 Å². The standard InChI is InChI=1S/C20H18O2S2/c1-21-15-11-13-16(14-12-15)23-19-9-5-6-10-20(19)24-18-8-4-3-7-17(18)22-2/h3-14H,1-2H3. The molecule has 0 fully saturated rings. The van der Waals surface area contributed by atoms with Gasteiger partial charge >= 0.3 is 0 Å². The number of ether oxygens (including phenoxy) is 2. The molecule has 0 aliphatic carbocycles. The Labute approximate surface area is 151 Å². The van der Waals surface area contributed by atoms with E-state index in [4.69, 9.17) is 9.47 Å². The predicted molar refractivity (Wildman–Crippen MR) is 101 cm³/mol. The van der Waals surface area contributed by atoms with Crippen LogP contribution in [-0.4, -0.2) is 14.2 Å². The Hall–Kier alpha value is -2.04. The Balaban J connectivity index is 1.84. The fourth-order valence-corrected chi connectivity index (χ4v) is 4.25. The molecule has 0 N–H and O–H groups in total.